The van der Waals surface area contributed by atoms with E-state index in [0.29, 0.717) is 38.2 Å². The lowest BCUT2D eigenvalue weighted by atomic mass is 9.87. The zero-order chi connectivity index (χ0) is 13.9. The molecule has 7 heteroatoms. The van der Waals surface area contributed by atoms with E-state index in [0.717, 1.165) is 12.8 Å². The van der Waals surface area contributed by atoms with Gasteiger partial charge in [-0.2, -0.15) is 0 Å². The predicted molar refractivity (Wildman–Crippen MR) is 69.8 cm³/mol. The van der Waals surface area contributed by atoms with Crippen molar-refractivity contribution in [1.82, 2.24) is 15.5 Å². The Morgan fingerprint density at radius 2 is 1.95 bits per heavy atom. The summed E-state index contributed by atoms with van der Waals surface area (Å²) in [5.74, 6) is 0.402. The lowest BCUT2D eigenvalue weighted by Crippen LogP contribution is -2.55. The number of urea groups is 1. The molecule has 0 aromatic carbocycles. The van der Waals surface area contributed by atoms with Crippen LogP contribution in [0.15, 0.2) is 0 Å². The maximum absolute atomic E-state index is 11.9. The molecule has 0 radical (unpaired) electrons. The SMILES string of the molecule is O=C1NC(=O)C2(CCN(C(=O)CCCCCl)CC2)N1. The van der Waals surface area contributed by atoms with Crippen LogP contribution in [0.3, 0.4) is 0 Å². The summed E-state index contributed by atoms with van der Waals surface area (Å²) in [5, 5.41) is 4.93. The number of alkyl halides is 1. The van der Waals surface area contributed by atoms with Crippen LogP contribution in [0, 0.1) is 0 Å². The van der Waals surface area contributed by atoms with E-state index in [4.69, 9.17) is 11.6 Å². The van der Waals surface area contributed by atoms with Crippen LogP contribution in [-0.4, -0.2) is 47.3 Å². The number of halogens is 1. The minimum absolute atomic E-state index is 0.102. The van der Waals surface area contributed by atoms with Gasteiger partial charge in [0, 0.05) is 25.4 Å². The van der Waals surface area contributed by atoms with Crippen molar-refractivity contribution in [2.24, 2.45) is 0 Å². The zero-order valence-corrected chi connectivity index (χ0v) is 11.5. The number of rotatable bonds is 4. The second-order valence-electron chi connectivity index (χ2n) is 5.02. The minimum Gasteiger partial charge on any atom is -0.342 e. The van der Waals surface area contributed by atoms with E-state index < -0.39 is 11.6 Å². The number of likely N-dealkylation sites (tertiary alicyclic amines) is 1. The van der Waals surface area contributed by atoms with E-state index in [1.165, 1.54) is 0 Å². The number of hydrogen-bond acceptors (Lipinski definition) is 3. The van der Waals surface area contributed by atoms with E-state index in [2.05, 4.69) is 10.6 Å². The molecule has 2 aliphatic heterocycles. The normalized spacial score (nSPS) is 21.4. The number of unbranched alkanes of at least 4 members (excludes halogenated alkanes) is 1. The molecular weight excluding hydrogens is 270 g/mol. The van der Waals surface area contributed by atoms with Gasteiger partial charge in [-0.1, -0.05) is 0 Å². The van der Waals surface area contributed by atoms with Gasteiger partial charge < -0.3 is 10.2 Å². The Labute approximate surface area is 116 Å². The van der Waals surface area contributed by atoms with Crippen LogP contribution in [0.5, 0.6) is 0 Å². The molecule has 2 rings (SSSR count). The second kappa shape index (κ2) is 5.77. The number of hydrogen-bond donors (Lipinski definition) is 2. The Balaban J connectivity index is 1.84. The third-order valence-electron chi connectivity index (χ3n) is 3.76. The first-order chi connectivity index (χ1) is 9.07. The minimum atomic E-state index is -0.802. The Kier molecular flexibility index (Phi) is 4.29. The summed E-state index contributed by atoms with van der Waals surface area (Å²) < 4.78 is 0. The summed E-state index contributed by atoms with van der Waals surface area (Å²) in [5.41, 5.74) is -0.802. The first-order valence-electron chi connectivity index (χ1n) is 6.55. The van der Waals surface area contributed by atoms with Crippen LogP contribution in [0.2, 0.25) is 0 Å². The number of amides is 4. The van der Waals surface area contributed by atoms with Crippen molar-refractivity contribution in [2.75, 3.05) is 19.0 Å². The van der Waals surface area contributed by atoms with Gasteiger partial charge in [0.25, 0.3) is 5.91 Å². The number of nitrogens with zero attached hydrogens (tertiary/aromatic N) is 1. The van der Waals surface area contributed by atoms with Crippen LogP contribution < -0.4 is 10.6 Å². The molecular formula is C12H18ClN3O3. The fourth-order valence-corrected chi connectivity index (χ4v) is 2.74. The molecule has 2 fully saturated rings. The molecule has 0 aromatic heterocycles. The molecule has 0 aromatic rings. The third-order valence-corrected chi connectivity index (χ3v) is 4.03. The molecule has 0 unspecified atom stereocenters. The standard InChI is InChI=1S/C12H18ClN3O3/c13-6-2-1-3-9(17)16-7-4-12(5-8-16)10(18)14-11(19)15-12/h1-8H2,(H2,14,15,18,19). The fraction of sp³-hybridized carbons (Fsp3) is 0.750. The first kappa shape index (κ1) is 14.1. The van der Waals surface area contributed by atoms with Gasteiger partial charge in [-0.05, 0) is 25.7 Å². The van der Waals surface area contributed by atoms with Crippen molar-refractivity contribution in [2.45, 2.75) is 37.6 Å². The van der Waals surface area contributed by atoms with Gasteiger partial charge in [-0.25, -0.2) is 4.79 Å². The van der Waals surface area contributed by atoms with Crippen LogP contribution in [-0.2, 0) is 9.59 Å². The van der Waals surface area contributed by atoms with Crippen molar-refractivity contribution >= 4 is 29.4 Å². The van der Waals surface area contributed by atoms with Crippen molar-refractivity contribution in [1.29, 1.82) is 0 Å². The highest BCUT2D eigenvalue weighted by Gasteiger charge is 2.48. The average molecular weight is 288 g/mol. The summed E-state index contributed by atoms with van der Waals surface area (Å²) in [4.78, 5) is 36.6. The molecule has 0 atom stereocenters. The molecule has 4 amide bonds. The lowest BCUT2D eigenvalue weighted by molar-refractivity contribution is -0.135. The third kappa shape index (κ3) is 3.00. The molecule has 6 nitrogen and oxygen atoms in total. The van der Waals surface area contributed by atoms with Gasteiger partial charge in [0.05, 0.1) is 0 Å². The number of piperidine rings is 1. The van der Waals surface area contributed by atoms with Crippen molar-refractivity contribution in [3.8, 4) is 0 Å². The van der Waals surface area contributed by atoms with Crippen LogP contribution in [0.1, 0.15) is 32.1 Å². The number of carbonyl (C=O) groups is 3. The summed E-state index contributed by atoms with van der Waals surface area (Å²) in [6, 6.07) is -0.438. The van der Waals surface area contributed by atoms with Gasteiger partial charge in [0.2, 0.25) is 5.91 Å². The largest absolute Gasteiger partial charge is 0.342 e. The summed E-state index contributed by atoms with van der Waals surface area (Å²) in [7, 11) is 0. The van der Waals surface area contributed by atoms with Crippen LogP contribution in [0.25, 0.3) is 0 Å². The predicted octanol–water partition coefficient (Wildman–Crippen LogP) is 0.596. The van der Waals surface area contributed by atoms with Gasteiger partial charge in [-0.15, -0.1) is 11.6 Å². The monoisotopic (exact) mass is 287 g/mol. The Morgan fingerprint density at radius 1 is 1.26 bits per heavy atom. The molecule has 0 aliphatic carbocycles. The number of carbonyl (C=O) groups excluding carboxylic acids is 3. The van der Waals surface area contributed by atoms with Gasteiger partial charge in [0.15, 0.2) is 0 Å². The topological polar surface area (TPSA) is 78.5 Å². The molecule has 2 saturated heterocycles. The molecule has 2 aliphatic rings. The van der Waals surface area contributed by atoms with Crippen molar-refractivity contribution < 1.29 is 14.4 Å². The highest BCUT2D eigenvalue weighted by Crippen LogP contribution is 2.25. The van der Waals surface area contributed by atoms with Crippen molar-refractivity contribution in [3.05, 3.63) is 0 Å². The molecule has 2 N–H and O–H groups in total. The van der Waals surface area contributed by atoms with E-state index in [1.807, 2.05) is 0 Å². The van der Waals surface area contributed by atoms with E-state index in [9.17, 15) is 14.4 Å². The lowest BCUT2D eigenvalue weighted by Gasteiger charge is -2.37. The van der Waals surface area contributed by atoms with Gasteiger partial charge in [0.1, 0.15) is 5.54 Å². The quantitative estimate of drug-likeness (QED) is 0.451. The number of nitrogens with one attached hydrogen (secondary N) is 2. The smallest absolute Gasteiger partial charge is 0.322 e. The molecule has 1 spiro atoms. The Morgan fingerprint density at radius 3 is 2.47 bits per heavy atom. The van der Waals surface area contributed by atoms with Gasteiger partial charge >= 0.3 is 6.03 Å². The average Bonchev–Trinajstić information content (AvgIpc) is 2.65. The van der Waals surface area contributed by atoms with Crippen LogP contribution in [0.4, 0.5) is 4.79 Å². The van der Waals surface area contributed by atoms with E-state index in [1.54, 1.807) is 4.90 Å². The zero-order valence-electron chi connectivity index (χ0n) is 10.7. The maximum Gasteiger partial charge on any atom is 0.322 e. The fourth-order valence-electron chi connectivity index (χ4n) is 2.55. The number of imide groups is 1. The summed E-state index contributed by atoms with van der Waals surface area (Å²) in [6.45, 7) is 1.01. The second-order valence-corrected chi connectivity index (χ2v) is 5.40. The Bertz CT molecular complexity index is 392. The maximum atomic E-state index is 11.9. The highest BCUT2D eigenvalue weighted by atomic mass is 35.5. The summed E-state index contributed by atoms with van der Waals surface area (Å²) >= 11 is 5.57. The first-order valence-corrected chi connectivity index (χ1v) is 7.08. The molecule has 0 bridgehead atoms. The summed E-state index contributed by atoms with van der Waals surface area (Å²) in [6.07, 6.45) is 3.08. The van der Waals surface area contributed by atoms with Crippen LogP contribution >= 0.6 is 11.6 Å². The van der Waals surface area contributed by atoms with Gasteiger partial charge in [-0.3, -0.25) is 14.9 Å². The van der Waals surface area contributed by atoms with Crippen molar-refractivity contribution in [3.63, 3.8) is 0 Å². The Hall–Kier alpha value is -1.30. The highest BCUT2D eigenvalue weighted by molar-refractivity contribution is 6.17. The van der Waals surface area contributed by atoms with E-state index >= 15 is 0 Å². The molecule has 106 valence electrons. The molecule has 19 heavy (non-hydrogen) atoms. The molecule has 2 heterocycles. The van der Waals surface area contributed by atoms with E-state index in [-0.39, 0.29) is 11.8 Å². The molecule has 0 saturated carbocycles.